The highest BCUT2D eigenvalue weighted by Crippen LogP contribution is 2.48. The third-order valence-corrected chi connectivity index (χ3v) is 8.18. The van der Waals surface area contributed by atoms with Gasteiger partial charge in [-0.1, -0.05) is 64.0 Å². The summed E-state index contributed by atoms with van der Waals surface area (Å²) in [4.78, 5) is 0. The number of fused-ring (bicyclic) bond motifs is 1. The van der Waals surface area contributed by atoms with Crippen molar-refractivity contribution in [1.82, 2.24) is 0 Å². The maximum atomic E-state index is 13.2. The van der Waals surface area contributed by atoms with Crippen molar-refractivity contribution in [3.8, 4) is 0 Å². The lowest BCUT2D eigenvalue weighted by Gasteiger charge is -2.42. The van der Waals surface area contributed by atoms with Gasteiger partial charge in [0.05, 0.1) is 0 Å². The summed E-state index contributed by atoms with van der Waals surface area (Å²) in [5.41, 5.74) is 1.37. The Kier molecular flexibility index (Phi) is 6.01. The Morgan fingerprint density at radius 3 is 2.12 bits per heavy atom. The van der Waals surface area contributed by atoms with Crippen LogP contribution in [0.4, 0.5) is 4.39 Å². The van der Waals surface area contributed by atoms with Crippen LogP contribution in [0.25, 0.3) is 0 Å². The van der Waals surface area contributed by atoms with Crippen LogP contribution in [0.2, 0.25) is 0 Å². The van der Waals surface area contributed by atoms with Crippen molar-refractivity contribution < 1.29 is 4.39 Å². The summed E-state index contributed by atoms with van der Waals surface area (Å²) in [5.74, 6) is 5.53. The zero-order valence-electron chi connectivity index (χ0n) is 16.6. The van der Waals surface area contributed by atoms with Gasteiger partial charge in [0.25, 0.3) is 0 Å². The Morgan fingerprint density at radius 1 is 0.731 bits per heavy atom. The van der Waals surface area contributed by atoms with Gasteiger partial charge >= 0.3 is 0 Å². The maximum Gasteiger partial charge on any atom is 0.123 e. The average molecular weight is 357 g/mol. The first-order chi connectivity index (χ1) is 12.7. The van der Waals surface area contributed by atoms with E-state index in [2.05, 4.69) is 6.92 Å². The van der Waals surface area contributed by atoms with Gasteiger partial charge in [0.1, 0.15) is 5.82 Å². The van der Waals surface area contributed by atoms with Crippen LogP contribution in [0.15, 0.2) is 24.3 Å². The van der Waals surface area contributed by atoms with E-state index in [-0.39, 0.29) is 5.82 Å². The molecule has 3 fully saturated rings. The van der Waals surface area contributed by atoms with Gasteiger partial charge in [0.15, 0.2) is 0 Å². The van der Waals surface area contributed by atoms with Gasteiger partial charge in [-0.25, -0.2) is 4.39 Å². The van der Waals surface area contributed by atoms with Crippen LogP contribution in [0.3, 0.4) is 0 Å². The van der Waals surface area contributed by atoms with E-state index < -0.39 is 0 Å². The third-order valence-electron chi connectivity index (χ3n) is 8.18. The summed E-state index contributed by atoms with van der Waals surface area (Å²) in [6.45, 7) is 2.43. The molecule has 0 aromatic heterocycles. The van der Waals surface area contributed by atoms with E-state index in [1.54, 1.807) is 12.1 Å². The molecule has 1 aromatic rings. The van der Waals surface area contributed by atoms with Crippen molar-refractivity contribution in [1.29, 1.82) is 0 Å². The number of halogens is 1. The molecule has 4 rings (SSSR count). The van der Waals surface area contributed by atoms with Crippen molar-refractivity contribution in [2.24, 2.45) is 29.6 Å². The zero-order valence-corrected chi connectivity index (χ0v) is 16.6. The predicted molar refractivity (Wildman–Crippen MR) is 108 cm³/mol. The first-order valence-corrected chi connectivity index (χ1v) is 11.4. The van der Waals surface area contributed by atoms with Gasteiger partial charge in [0, 0.05) is 0 Å². The lowest BCUT2D eigenvalue weighted by Crippen LogP contribution is -2.30. The lowest BCUT2D eigenvalue weighted by molar-refractivity contribution is 0.109. The minimum absolute atomic E-state index is 0.102. The highest BCUT2D eigenvalue weighted by atomic mass is 19.1. The molecule has 0 bridgehead atoms. The second-order valence-electron chi connectivity index (χ2n) is 9.96. The smallest absolute Gasteiger partial charge is 0.123 e. The van der Waals surface area contributed by atoms with E-state index in [1.807, 2.05) is 12.1 Å². The summed E-state index contributed by atoms with van der Waals surface area (Å²) in [5, 5.41) is 0. The molecule has 26 heavy (non-hydrogen) atoms. The maximum absolute atomic E-state index is 13.2. The molecule has 0 nitrogen and oxygen atoms in total. The Bertz CT molecular complexity index is 554. The molecule has 0 amide bonds. The number of hydrogen-bond acceptors (Lipinski definition) is 0. The van der Waals surface area contributed by atoms with E-state index in [0.29, 0.717) is 5.92 Å². The van der Waals surface area contributed by atoms with Crippen LogP contribution in [0.5, 0.6) is 0 Å². The molecule has 0 aliphatic heterocycles. The number of benzene rings is 1. The van der Waals surface area contributed by atoms with Crippen molar-refractivity contribution >= 4 is 0 Å². The van der Waals surface area contributed by atoms with Crippen LogP contribution in [-0.4, -0.2) is 0 Å². The fourth-order valence-electron chi connectivity index (χ4n) is 6.38. The Balaban J connectivity index is 1.24. The highest BCUT2D eigenvalue weighted by Gasteiger charge is 2.36. The van der Waals surface area contributed by atoms with Gasteiger partial charge in [-0.05, 0) is 85.3 Å². The van der Waals surface area contributed by atoms with Crippen molar-refractivity contribution in [3.63, 3.8) is 0 Å². The van der Waals surface area contributed by atoms with Crippen molar-refractivity contribution in [2.75, 3.05) is 0 Å². The van der Waals surface area contributed by atoms with Crippen molar-refractivity contribution in [3.05, 3.63) is 35.6 Å². The largest absolute Gasteiger partial charge is 0.207 e. The Morgan fingerprint density at radius 2 is 1.35 bits per heavy atom. The normalized spacial score (nSPS) is 37.9. The summed E-state index contributed by atoms with van der Waals surface area (Å²) in [6.07, 6.45) is 17.5. The monoisotopic (exact) mass is 356 g/mol. The van der Waals surface area contributed by atoms with Gasteiger partial charge in [-0.2, -0.15) is 0 Å². The SMILES string of the molecule is CC1CCC(CCC2CCC3CC(c4ccc(F)cc4)CCC3C2)CC1. The van der Waals surface area contributed by atoms with Crippen LogP contribution < -0.4 is 0 Å². The molecule has 0 spiro atoms. The molecule has 0 N–H and O–H groups in total. The fourth-order valence-corrected chi connectivity index (χ4v) is 6.38. The molecule has 0 saturated heterocycles. The minimum Gasteiger partial charge on any atom is -0.207 e. The average Bonchev–Trinajstić information content (AvgIpc) is 2.67. The first-order valence-electron chi connectivity index (χ1n) is 11.4. The summed E-state index contributed by atoms with van der Waals surface area (Å²) >= 11 is 0. The molecule has 1 aromatic carbocycles. The fraction of sp³-hybridized carbons (Fsp3) is 0.760. The van der Waals surface area contributed by atoms with Crippen LogP contribution in [0, 0.1) is 35.4 Å². The molecular weight excluding hydrogens is 319 g/mol. The number of rotatable bonds is 4. The molecule has 144 valence electrons. The summed E-state index contributed by atoms with van der Waals surface area (Å²) in [6, 6.07) is 7.34. The lowest BCUT2D eigenvalue weighted by atomic mass is 9.63. The van der Waals surface area contributed by atoms with Gasteiger partial charge in [0.2, 0.25) is 0 Å². The van der Waals surface area contributed by atoms with Crippen LogP contribution in [-0.2, 0) is 0 Å². The molecule has 3 aliphatic carbocycles. The van der Waals surface area contributed by atoms with Crippen LogP contribution >= 0.6 is 0 Å². The van der Waals surface area contributed by atoms with Gasteiger partial charge in [-0.15, -0.1) is 0 Å². The second kappa shape index (κ2) is 8.44. The second-order valence-corrected chi connectivity index (χ2v) is 9.96. The molecule has 0 heterocycles. The van der Waals surface area contributed by atoms with E-state index in [0.717, 1.165) is 29.6 Å². The molecule has 0 radical (unpaired) electrons. The molecule has 3 saturated carbocycles. The topological polar surface area (TPSA) is 0 Å². The van der Waals surface area contributed by atoms with E-state index in [4.69, 9.17) is 0 Å². The van der Waals surface area contributed by atoms with Crippen LogP contribution in [0.1, 0.15) is 95.5 Å². The van der Waals surface area contributed by atoms with E-state index >= 15 is 0 Å². The molecular formula is C25H37F. The zero-order chi connectivity index (χ0) is 17.9. The summed E-state index contributed by atoms with van der Waals surface area (Å²) < 4.78 is 13.2. The first kappa shape index (κ1) is 18.5. The minimum atomic E-state index is -0.102. The van der Waals surface area contributed by atoms with Crippen molar-refractivity contribution in [2.45, 2.75) is 89.9 Å². The Labute approximate surface area is 160 Å². The Hall–Kier alpha value is -0.850. The predicted octanol–water partition coefficient (Wildman–Crippen LogP) is 7.73. The molecule has 1 heteroatoms. The van der Waals surface area contributed by atoms with E-state index in [9.17, 15) is 4.39 Å². The molecule has 3 aliphatic rings. The molecule has 4 atom stereocenters. The van der Waals surface area contributed by atoms with Gasteiger partial charge in [-0.3, -0.25) is 0 Å². The number of hydrogen-bond donors (Lipinski definition) is 0. The quantitative estimate of drug-likeness (QED) is 0.517. The molecule has 4 unspecified atom stereocenters. The van der Waals surface area contributed by atoms with E-state index in [1.165, 1.54) is 82.6 Å². The summed E-state index contributed by atoms with van der Waals surface area (Å²) in [7, 11) is 0. The highest BCUT2D eigenvalue weighted by molar-refractivity contribution is 5.21. The third kappa shape index (κ3) is 4.52. The standard InChI is InChI=1S/C25H37F/c1-18-2-4-19(5-3-18)6-7-20-8-9-24-17-23(11-10-22(24)16-20)21-12-14-25(26)15-13-21/h12-15,18-20,22-24H,2-11,16-17H2,1H3. The van der Waals surface area contributed by atoms with Gasteiger partial charge < -0.3 is 0 Å².